The van der Waals surface area contributed by atoms with Gasteiger partial charge in [0.1, 0.15) is 5.15 Å². The smallest absolute Gasteiger partial charge is 0.331 e. The molecular formula is C24H19Cl2N5O4. The third-order valence-electron chi connectivity index (χ3n) is 4.78. The number of carbonyl (C=O) groups excluding carboxylic acids is 2. The lowest BCUT2D eigenvalue weighted by molar-refractivity contribution is -0.142. The second-order valence-electron chi connectivity index (χ2n) is 7.34. The summed E-state index contributed by atoms with van der Waals surface area (Å²) in [7, 11) is 0. The Morgan fingerprint density at radius 3 is 2.57 bits per heavy atom. The lowest BCUT2D eigenvalue weighted by Gasteiger charge is -2.04. The molecule has 0 unspecified atom stereocenters. The van der Waals surface area contributed by atoms with Crippen molar-refractivity contribution in [3.63, 3.8) is 0 Å². The lowest BCUT2D eigenvalue weighted by Crippen LogP contribution is -2.20. The SMILES string of the molecule is Cc1nn(Cc2ccc(Cl)cc2)c(Cl)c1/C=C/C(=O)OCC(=O)Nc1nnc(-c2ccccc2)o1. The Morgan fingerprint density at radius 2 is 1.83 bits per heavy atom. The first kappa shape index (κ1) is 24.2. The molecule has 0 aliphatic carbocycles. The fourth-order valence-electron chi connectivity index (χ4n) is 3.09. The molecule has 2 aromatic heterocycles. The Labute approximate surface area is 210 Å². The number of benzene rings is 2. The van der Waals surface area contributed by atoms with Crippen molar-refractivity contribution in [2.75, 3.05) is 11.9 Å². The van der Waals surface area contributed by atoms with Crippen LogP contribution in [-0.2, 0) is 20.9 Å². The van der Waals surface area contributed by atoms with Gasteiger partial charge in [0.05, 0.1) is 12.2 Å². The van der Waals surface area contributed by atoms with Gasteiger partial charge in [-0.25, -0.2) is 9.48 Å². The Bertz CT molecular complexity index is 1360. The van der Waals surface area contributed by atoms with E-state index < -0.39 is 18.5 Å². The van der Waals surface area contributed by atoms with Gasteiger partial charge in [0.2, 0.25) is 5.89 Å². The topological polar surface area (TPSA) is 112 Å². The van der Waals surface area contributed by atoms with Gasteiger partial charge >= 0.3 is 12.0 Å². The zero-order chi connectivity index (χ0) is 24.8. The van der Waals surface area contributed by atoms with Crippen LogP contribution in [0, 0.1) is 6.92 Å². The summed E-state index contributed by atoms with van der Waals surface area (Å²) >= 11 is 12.4. The van der Waals surface area contributed by atoms with E-state index in [0.29, 0.717) is 33.5 Å². The Balaban J connectivity index is 1.30. The van der Waals surface area contributed by atoms with Gasteiger partial charge in [0.25, 0.3) is 5.91 Å². The van der Waals surface area contributed by atoms with Crippen molar-refractivity contribution in [1.82, 2.24) is 20.0 Å². The predicted octanol–water partition coefficient (Wildman–Crippen LogP) is 4.79. The number of halogens is 2. The molecule has 1 amide bonds. The number of amides is 1. The zero-order valence-electron chi connectivity index (χ0n) is 18.4. The molecular weight excluding hydrogens is 493 g/mol. The number of nitrogens with zero attached hydrogens (tertiary/aromatic N) is 4. The summed E-state index contributed by atoms with van der Waals surface area (Å²) in [6.45, 7) is 1.68. The standard InChI is InChI=1S/C24H19Cl2N5O4/c1-15-19(22(26)31(30-15)13-16-7-9-18(25)10-8-16)11-12-21(33)34-14-20(32)27-24-29-28-23(35-24)17-5-3-2-4-6-17/h2-12H,13-14H2,1H3,(H,27,29,32)/b12-11+. The van der Waals surface area contributed by atoms with Crippen LogP contribution in [0.4, 0.5) is 6.01 Å². The molecule has 0 fully saturated rings. The average molecular weight is 512 g/mol. The maximum Gasteiger partial charge on any atom is 0.331 e. The lowest BCUT2D eigenvalue weighted by atomic mass is 10.2. The van der Waals surface area contributed by atoms with Gasteiger partial charge in [-0.05, 0) is 42.8 Å². The van der Waals surface area contributed by atoms with E-state index >= 15 is 0 Å². The summed E-state index contributed by atoms with van der Waals surface area (Å²) in [6.07, 6.45) is 2.67. The molecule has 0 aliphatic heterocycles. The minimum Gasteiger partial charge on any atom is -0.452 e. The minimum absolute atomic E-state index is 0.101. The fraction of sp³-hybridized carbons (Fsp3) is 0.125. The molecule has 0 atom stereocenters. The molecule has 1 N–H and O–H groups in total. The minimum atomic E-state index is -0.725. The van der Waals surface area contributed by atoms with E-state index in [1.54, 1.807) is 35.9 Å². The number of ether oxygens (including phenoxy) is 1. The van der Waals surface area contributed by atoms with Crippen LogP contribution in [0.15, 0.2) is 65.1 Å². The van der Waals surface area contributed by atoms with Crippen LogP contribution in [-0.4, -0.2) is 38.5 Å². The van der Waals surface area contributed by atoms with Crippen molar-refractivity contribution < 1.29 is 18.7 Å². The Hall–Kier alpha value is -3.95. The van der Waals surface area contributed by atoms with Crippen LogP contribution in [0.5, 0.6) is 0 Å². The quantitative estimate of drug-likeness (QED) is 0.267. The van der Waals surface area contributed by atoms with Crippen molar-refractivity contribution >= 4 is 47.2 Å². The van der Waals surface area contributed by atoms with E-state index in [1.165, 1.54) is 12.2 Å². The van der Waals surface area contributed by atoms with E-state index in [9.17, 15) is 9.59 Å². The highest BCUT2D eigenvalue weighted by atomic mass is 35.5. The number of esters is 1. The van der Waals surface area contributed by atoms with Crippen LogP contribution in [0.3, 0.4) is 0 Å². The van der Waals surface area contributed by atoms with Crippen LogP contribution in [0.2, 0.25) is 10.2 Å². The molecule has 0 spiro atoms. The zero-order valence-corrected chi connectivity index (χ0v) is 20.0. The molecule has 2 heterocycles. The molecule has 4 rings (SSSR count). The Kier molecular flexibility index (Phi) is 7.59. The molecule has 9 nitrogen and oxygen atoms in total. The highest BCUT2D eigenvalue weighted by Gasteiger charge is 2.14. The summed E-state index contributed by atoms with van der Waals surface area (Å²) in [5.74, 6) is -1.10. The normalized spacial score (nSPS) is 11.1. The third-order valence-corrected chi connectivity index (χ3v) is 5.43. The number of rotatable bonds is 8. The van der Waals surface area contributed by atoms with E-state index in [2.05, 4.69) is 20.6 Å². The molecule has 0 saturated carbocycles. The highest BCUT2D eigenvalue weighted by molar-refractivity contribution is 6.31. The van der Waals surface area contributed by atoms with E-state index in [4.69, 9.17) is 32.4 Å². The summed E-state index contributed by atoms with van der Waals surface area (Å²) in [5, 5.41) is 15.4. The van der Waals surface area contributed by atoms with Gasteiger partial charge in [-0.2, -0.15) is 5.10 Å². The Morgan fingerprint density at radius 1 is 1.09 bits per heavy atom. The third kappa shape index (κ3) is 6.34. The number of anilines is 1. The molecule has 0 saturated heterocycles. The van der Waals surface area contributed by atoms with Crippen LogP contribution in [0.1, 0.15) is 16.8 Å². The number of aromatic nitrogens is 4. The first-order valence-electron chi connectivity index (χ1n) is 10.4. The second kappa shape index (κ2) is 11.0. The molecule has 11 heteroatoms. The fourth-order valence-corrected chi connectivity index (χ4v) is 3.51. The first-order valence-corrected chi connectivity index (χ1v) is 11.2. The van der Waals surface area contributed by atoms with Crippen molar-refractivity contribution in [1.29, 1.82) is 0 Å². The van der Waals surface area contributed by atoms with Crippen LogP contribution < -0.4 is 5.32 Å². The number of hydrogen-bond acceptors (Lipinski definition) is 7. The summed E-state index contributed by atoms with van der Waals surface area (Å²) in [5.41, 5.74) is 2.89. The summed E-state index contributed by atoms with van der Waals surface area (Å²) in [4.78, 5) is 24.2. The van der Waals surface area contributed by atoms with Crippen LogP contribution >= 0.6 is 23.2 Å². The summed E-state index contributed by atoms with van der Waals surface area (Å²) in [6, 6.07) is 16.3. The van der Waals surface area contributed by atoms with Gasteiger partial charge in [-0.3, -0.25) is 10.1 Å². The van der Waals surface area contributed by atoms with E-state index in [-0.39, 0.29) is 11.9 Å². The van der Waals surface area contributed by atoms with Gasteiger partial charge < -0.3 is 9.15 Å². The number of aryl methyl sites for hydroxylation is 1. The highest BCUT2D eigenvalue weighted by Crippen LogP contribution is 2.23. The number of carbonyl (C=O) groups is 2. The number of hydrogen-bond donors (Lipinski definition) is 1. The molecule has 0 radical (unpaired) electrons. The largest absolute Gasteiger partial charge is 0.452 e. The van der Waals surface area contributed by atoms with Crippen molar-refractivity contribution in [2.45, 2.75) is 13.5 Å². The molecule has 0 bridgehead atoms. The van der Waals surface area contributed by atoms with Crippen molar-refractivity contribution in [3.05, 3.63) is 87.7 Å². The van der Waals surface area contributed by atoms with Gasteiger partial charge in [0.15, 0.2) is 6.61 Å². The first-order chi connectivity index (χ1) is 16.9. The molecule has 178 valence electrons. The summed E-state index contributed by atoms with van der Waals surface area (Å²) < 4.78 is 12.0. The van der Waals surface area contributed by atoms with E-state index in [1.807, 2.05) is 30.3 Å². The van der Waals surface area contributed by atoms with Crippen molar-refractivity contribution in [2.24, 2.45) is 0 Å². The second-order valence-corrected chi connectivity index (χ2v) is 8.14. The molecule has 0 aliphatic rings. The maximum absolute atomic E-state index is 12.1. The molecule has 35 heavy (non-hydrogen) atoms. The van der Waals surface area contributed by atoms with Crippen LogP contribution in [0.25, 0.3) is 17.5 Å². The van der Waals surface area contributed by atoms with Gasteiger partial charge in [0, 0.05) is 22.2 Å². The average Bonchev–Trinajstić information content (AvgIpc) is 3.42. The number of nitrogens with one attached hydrogen (secondary N) is 1. The monoisotopic (exact) mass is 511 g/mol. The van der Waals surface area contributed by atoms with Gasteiger partial charge in [-0.1, -0.05) is 58.6 Å². The molecule has 4 aromatic rings. The molecule has 2 aromatic carbocycles. The van der Waals surface area contributed by atoms with Gasteiger partial charge in [-0.15, -0.1) is 5.10 Å². The maximum atomic E-state index is 12.1. The van der Waals surface area contributed by atoms with Crippen molar-refractivity contribution in [3.8, 4) is 11.5 Å². The van der Waals surface area contributed by atoms with E-state index in [0.717, 1.165) is 5.56 Å². The predicted molar refractivity (Wildman–Crippen MR) is 131 cm³/mol.